The molecule has 204 valence electrons. The zero-order valence-corrected chi connectivity index (χ0v) is 24.7. The Morgan fingerprint density at radius 2 is 0.889 bits per heavy atom. The van der Waals surface area contributed by atoms with Gasteiger partial charge in [-0.05, 0) is 119 Å². The third-order valence-corrected chi connectivity index (χ3v) is 6.26. The molecular weight excluding hydrogens is 471 g/mol. The maximum Gasteiger partial charge on any atom is 0.703 e. The van der Waals surface area contributed by atoms with Crippen LogP contribution in [0.3, 0.4) is 0 Å². The summed E-state index contributed by atoms with van der Waals surface area (Å²) in [6.07, 6.45) is 16.7. The summed E-state index contributed by atoms with van der Waals surface area (Å²) < 4.78 is 22.0. The van der Waals surface area contributed by atoms with Crippen molar-refractivity contribution < 1.29 is 23.8 Å². The number of rotatable bonds is 18. The molecule has 0 bridgehead atoms. The van der Waals surface area contributed by atoms with Crippen molar-refractivity contribution in [2.75, 3.05) is 0 Å². The molecule has 0 radical (unpaired) electrons. The third kappa shape index (κ3) is 21.6. The molecule has 0 aliphatic rings. The van der Waals surface area contributed by atoms with Gasteiger partial charge < -0.3 is 10.2 Å². The molecule has 36 heavy (non-hydrogen) atoms. The topological polar surface area (TPSA) is 76.0 Å². The molecule has 0 fully saturated rings. The molecule has 0 aromatic heterocycles. The molecular formula is C30H50O5P+. The van der Waals surface area contributed by atoms with Crippen molar-refractivity contribution in [3.05, 3.63) is 69.9 Å². The lowest BCUT2D eigenvalue weighted by atomic mass is 10.1. The van der Waals surface area contributed by atoms with Crippen molar-refractivity contribution in [3.63, 3.8) is 0 Å². The molecule has 2 N–H and O–H groups in total. The number of allylic oxidation sites excluding steroid dienone is 10. The van der Waals surface area contributed by atoms with Crippen molar-refractivity contribution in [2.45, 2.75) is 119 Å². The molecule has 0 aliphatic carbocycles. The average Bonchev–Trinajstić information content (AvgIpc) is 2.72. The normalized spacial score (nSPS) is 15.4. The van der Waals surface area contributed by atoms with Crippen molar-refractivity contribution in [1.82, 2.24) is 0 Å². The molecule has 2 atom stereocenters. The largest absolute Gasteiger partial charge is 0.703 e. The number of aliphatic hydroxyl groups is 2. The van der Waals surface area contributed by atoms with E-state index in [2.05, 4.69) is 65.8 Å². The highest BCUT2D eigenvalue weighted by molar-refractivity contribution is 7.33. The molecule has 0 spiro atoms. The van der Waals surface area contributed by atoms with Crippen LogP contribution in [0.4, 0.5) is 0 Å². The van der Waals surface area contributed by atoms with E-state index in [9.17, 15) is 14.8 Å². The fourth-order valence-corrected chi connectivity index (χ4v) is 3.91. The summed E-state index contributed by atoms with van der Waals surface area (Å²) in [6.45, 7) is 16.5. The minimum Gasteiger partial charge on any atom is -0.361 e. The lowest BCUT2D eigenvalue weighted by Gasteiger charge is -2.04. The van der Waals surface area contributed by atoms with Crippen LogP contribution in [-0.4, -0.2) is 22.8 Å². The summed E-state index contributed by atoms with van der Waals surface area (Å²) in [5.74, 6) is 0. The van der Waals surface area contributed by atoms with Gasteiger partial charge in [-0.1, -0.05) is 66.8 Å². The van der Waals surface area contributed by atoms with Crippen LogP contribution < -0.4 is 0 Å². The average molecular weight is 522 g/mol. The van der Waals surface area contributed by atoms with E-state index < -0.39 is 20.8 Å². The van der Waals surface area contributed by atoms with Crippen molar-refractivity contribution in [2.24, 2.45) is 0 Å². The van der Waals surface area contributed by atoms with Crippen LogP contribution in [0.1, 0.15) is 107 Å². The van der Waals surface area contributed by atoms with Gasteiger partial charge in [0.1, 0.15) is 0 Å². The fourth-order valence-electron chi connectivity index (χ4n) is 3.39. The minimum atomic E-state index is -2.67. The first-order chi connectivity index (χ1) is 16.9. The van der Waals surface area contributed by atoms with Gasteiger partial charge in [0.2, 0.25) is 12.6 Å². The zero-order valence-electron chi connectivity index (χ0n) is 23.8. The van der Waals surface area contributed by atoms with Crippen LogP contribution in [0.15, 0.2) is 69.9 Å². The summed E-state index contributed by atoms with van der Waals surface area (Å²) in [6, 6.07) is 0. The second kappa shape index (κ2) is 20.4. The molecule has 0 rings (SSSR count). The van der Waals surface area contributed by atoms with Crippen LogP contribution in [0.5, 0.6) is 0 Å². The molecule has 0 aliphatic heterocycles. The van der Waals surface area contributed by atoms with Gasteiger partial charge in [0.05, 0.1) is 0 Å². The first kappa shape index (κ1) is 34.4. The number of hydrogen-bond acceptors (Lipinski definition) is 5. The molecule has 6 heteroatoms. The first-order valence-corrected chi connectivity index (χ1v) is 14.1. The van der Waals surface area contributed by atoms with Crippen molar-refractivity contribution in [1.29, 1.82) is 0 Å². The third-order valence-electron chi connectivity index (χ3n) is 5.49. The van der Waals surface area contributed by atoms with E-state index in [-0.39, 0.29) is 0 Å². The van der Waals surface area contributed by atoms with E-state index in [4.69, 9.17) is 9.05 Å². The van der Waals surface area contributed by atoms with Gasteiger partial charge in [-0.15, -0.1) is 0 Å². The van der Waals surface area contributed by atoms with E-state index in [1.54, 1.807) is 0 Å². The zero-order chi connectivity index (χ0) is 27.5. The Balaban J connectivity index is 4.40. The Labute approximate surface area is 221 Å². The monoisotopic (exact) mass is 521 g/mol. The summed E-state index contributed by atoms with van der Waals surface area (Å²) in [5, 5.41) is 20.1. The van der Waals surface area contributed by atoms with Crippen LogP contribution in [0.2, 0.25) is 0 Å². The Morgan fingerprint density at radius 1 is 0.583 bits per heavy atom. The Morgan fingerprint density at radius 3 is 1.22 bits per heavy atom. The molecule has 5 nitrogen and oxygen atoms in total. The predicted molar refractivity (Wildman–Crippen MR) is 153 cm³/mol. The second-order valence-corrected chi connectivity index (χ2v) is 10.9. The van der Waals surface area contributed by atoms with Crippen molar-refractivity contribution in [3.8, 4) is 0 Å². The van der Waals surface area contributed by atoms with E-state index in [0.29, 0.717) is 0 Å². The van der Waals surface area contributed by atoms with Gasteiger partial charge in [-0.3, -0.25) is 0 Å². The molecule has 0 aromatic carbocycles. The van der Waals surface area contributed by atoms with Crippen LogP contribution in [0.25, 0.3) is 0 Å². The minimum absolute atomic E-state index is 0.769. The van der Waals surface area contributed by atoms with Gasteiger partial charge in [0, 0.05) is 4.57 Å². The Hall–Kier alpha value is -1.62. The molecule has 0 heterocycles. The van der Waals surface area contributed by atoms with Gasteiger partial charge >= 0.3 is 8.25 Å². The summed E-state index contributed by atoms with van der Waals surface area (Å²) in [7, 11) is -2.67. The molecule has 2 unspecified atom stereocenters. The quantitative estimate of drug-likeness (QED) is 0.107. The molecule has 0 aromatic rings. The highest BCUT2D eigenvalue weighted by atomic mass is 31.1. The fraction of sp³-hybridized carbons (Fsp3) is 0.600. The van der Waals surface area contributed by atoms with Crippen LogP contribution in [0, 0.1) is 0 Å². The lowest BCUT2D eigenvalue weighted by molar-refractivity contribution is -0.0200. The molecule has 0 saturated heterocycles. The van der Waals surface area contributed by atoms with E-state index in [1.807, 2.05) is 13.8 Å². The molecule has 0 saturated carbocycles. The highest BCUT2D eigenvalue weighted by Crippen LogP contribution is 2.28. The van der Waals surface area contributed by atoms with E-state index in [0.717, 1.165) is 62.5 Å². The molecule has 0 amide bonds. The summed E-state index contributed by atoms with van der Waals surface area (Å²) >= 11 is 0. The number of aliphatic hydroxyl groups excluding tert-OH is 2. The Kier molecular flexibility index (Phi) is 19.5. The number of hydrogen-bond donors (Lipinski definition) is 2. The lowest BCUT2D eigenvalue weighted by Crippen LogP contribution is -2.09. The van der Waals surface area contributed by atoms with Crippen molar-refractivity contribution >= 4 is 8.25 Å². The smallest absolute Gasteiger partial charge is 0.361 e. The first-order valence-electron chi connectivity index (χ1n) is 13.0. The summed E-state index contributed by atoms with van der Waals surface area (Å²) in [5.41, 5.74) is 7.22. The van der Waals surface area contributed by atoms with E-state index in [1.165, 1.54) is 34.4 Å². The summed E-state index contributed by atoms with van der Waals surface area (Å²) in [4.78, 5) is 0. The van der Waals surface area contributed by atoms with Crippen LogP contribution in [-0.2, 0) is 13.6 Å². The van der Waals surface area contributed by atoms with Gasteiger partial charge in [-0.2, -0.15) is 0 Å². The van der Waals surface area contributed by atoms with Gasteiger partial charge in [0.25, 0.3) is 0 Å². The standard InChI is InChI=1S/C30H50O5P/c1-23(2)13-9-15-25(5)17-11-19-27(7)21-29(31)34-36(33)35-30(32)22-28(8)20-12-18-26(6)16-10-14-24(3)4/h13-14,17-18,21-22,29-32H,9-12,15-16,19-20H2,1-8H3/q+1. The maximum atomic E-state index is 12.0. The Bertz CT molecular complexity index is 769. The van der Waals surface area contributed by atoms with Gasteiger partial charge in [0.15, 0.2) is 0 Å². The van der Waals surface area contributed by atoms with E-state index >= 15 is 0 Å². The maximum absolute atomic E-state index is 12.0. The second-order valence-electron chi connectivity index (χ2n) is 10.1. The SMILES string of the molecule is CC(C)=CCCC(C)=CCCC(C)=CC(O)O[P+](=O)OC(O)C=C(C)CCC=C(C)CCC=C(C)C. The highest BCUT2D eigenvalue weighted by Gasteiger charge is 2.28. The van der Waals surface area contributed by atoms with Gasteiger partial charge in [-0.25, -0.2) is 0 Å². The van der Waals surface area contributed by atoms with Crippen LogP contribution >= 0.6 is 8.25 Å². The predicted octanol–water partition coefficient (Wildman–Crippen LogP) is 9.15.